The van der Waals surface area contributed by atoms with Gasteiger partial charge in [0, 0.05) is 48.8 Å². The Morgan fingerprint density at radius 1 is 0.930 bits per heavy atom. The lowest BCUT2D eigenvalue weighted by Crippen LogP contribution is -2.62. The average molecular weight is 594 g/mol. The van der Waals surface area contributed by atoms with Crippen molar-refractivity contribution < 1.29 is 23.9 Å². The van der Waals surface area contributed by atoms with E-state index in [2.05, 4.69) is 40.7 Å². The van der Waals surface area contributed by atoms with Crippen LogP contribution in [-0.2, 0) is 15.0 Å². The second-order valence-electron chi connectivity index (χ2n) is 16.3. The van der Waals surface area contributed by atoms with Gasteiger partial charge in [-0.15, -0.1) is 0 Å². The smallest absolute Gasteiger partial charge is 0.309 e. The van der Waals surface area contributed by atoms with E-state index in [9.17, 15) is 19.5 Å². The second kappa shape index (κ2) is 10.9. The topological polar surface area (TPSA) is 104 Å². The molecule has 5 rings (SSSR count). The van der Waals surface area contributed by atoms with Crippen LogP contribution in [0.25, 0.3) is 11.1 Å². The van der Waals surface area contributed by atoms with Crippen LogP contribution < -0.4 is 0 Å². The Morgan fingerprint density at radius 2 is 1.56 bits per heavy atom. The molecule has 43 heavy (non-hydrogen) atoms. The van der Waals surface area contributed by atoms with E-state index in [0.717, 1.165) is 29.6 Å². The minimum absolute atomic E-state index is 0.0778. The van der Waals surface area contributed by atoms with Crippen molar-refractivity contribution in [1.82, 2.24) is 14.8 Å². The summed E-state index contributed by atoms with van der Waals surface area (Å²) < 4.78 is 6.34. The maximum atomic E-state index is 14.0. The molecule has 2 aliphatic carbocycles. The first kappa shape index (κ1) is 31.5. The number of fused-ring (bicyclic) bond motifs is 1. The molecule has 1 saturated heterocycles. The summed E-state index contributed by atoms with van der Waals surface area (Å²) >= 11 is 0. The monoisotopic (exact) mass is 593 g/mol. The molecule has 1 aliphatic heterocycles. The van der Waals surface area contributed by atoms with E-state index >= 15 is 0 Å². The van der Waals surface area contributed by atoms with Gasteiger partial charge in [-0.2, -0.15) is 0 Å². The molecule has 2 amide bonds. The second-order valence-corrected chi connectivity index (χ2v) is 16.3. The fourth-order valence-corrected chi connectivity index (χ4v) is 7.44. The Hall–Kier alpha value is -2.90. The lowest BCUT2D eigenvalue weighted by Gasteiger charge is -2.48. The molecule has 0 spiro atoms. The van der Waals surface area contributed by atoms with Gasteiger partial charge in [0.25, 0.3) is 5.91 Å². The van der Waals surface area contributed by atoms with Gasteiger partial charge in [0.2, 0.25) is 5.91 Å². The number of furan rings is 1. The van der Waals surface area contributed by atoms with E-state index in [1.54, 1.807) is 6.92 Å². The molecular weight excluding hydrogens is 542 g/mol. The van der Waals surface area contributed by atoms with Gasteiger partial charge in [0.15, 0.2) is 11.3 Å². The largest absolute Gasteiger partial charge is 0.481 e. The number of carboxylic acids is 1. The number of nitrogens with zero attached hydrogens (tertiary/aromatic N) is 3. The van der Waals surface area contributed by atoms with Crippen molar-refractivity contribution in [1.29, 1.82) is 0 Å². The van der Waals surface area contributed by atoms with Gasteiger partial charge >= 0.3 is 5.97 Å². The highest BCUT2D eigenvalue weighted by Gasteiger charge is 2.44. The standard InChI is InChI=1S/C35H51N3O5/c1-32(2,3)24-19-25(22-9-13-33(4,5)14-10-22)36-26-20-27(43-28(24)26)30(40)38-18-17-37(21-34(38,6)7)29(39)23-11-15-35(8,16-12-23)31(41)42/h19-20,22-23H,9-18,21H2,1-8H3,(H,41,42)/t23-,35+. The van der Waals surface area contributed by atoms with Crippen LogP contribution in [0.1, 0.15) is 134 Å². The minimum atomic E-state index is -0.781. The zero-order valence-corrected chi connectivity index (χ0v) is 27.5. The van der Waals surface area contributed by atoms with E-state index in [-0.39, 0.29) is 23.1 Å². The van der Waals surface area contributed by atoms with E-state index < -0.39 is 16.9 Å². The molecule has 3 aliphatic rings. The summed E-state index contributed by atoms with van der Waals surface area (Å²) in [5.74, 6) is -0.328. The van der Waals surface area contributed by atoms with Gasteiger partial charge < -0.3 is 19.3 Å². The molecule has 8 nitrogen and oxygen atoms in total. The third-order valence-corrected chi connectivity index (χ3v) is 10.7. The molecule has 0 aromatic carbocycles. The molecule has 0 bridgehead atoms. The fraction of sp³-hybridized carbons (Fsp3) is 0.714. The number of hydrogen-bond donors (Lipinski definition) is 1. The zero-order valence-electron chi connectivity index (χ0n) is 27.5. The zero-order chi connectivity index (χ0) is 31.5. The summed E-state index contributed by atoms with van der Waals surface area (Å²) in [4.78, 5) is 47.8. The van der Waals surface area contributed by atoms with Crippen LogP contribution in [0.4, 0.5) is 0 Å². The number of carboxylic acid groups (broad SMARTS) is 1. The number of carbonyl (C=O) groups excluding carboxylic acids is 2. The Kier molecular flexibility index (Phi) is 8.00. The summed E-state index contributed by atoms with van der Waals surface area (Å²) in [5, 5.41) is 9.56. The van der Waals surface area contributed by atoms with Crippen LogP contribution >= 0.6 is 0 Å². The molecule has 2 aromatic rings. The lowest BCUT2D eigenvalue weighted by molar-refractivity contribution is -0.153. The number of aliphatic carboxylic acids is 1. The van der Waals surface area contributed by atoms with Crippen LogP contribution in [0, 0.1) is 16.7 Å². The highest BCUT2D eigenvalue weighted by Crippen LogP contribution is 2.44. The van der Waals surface area contributed by atoms with Crippen LogP contribution in [0.5, 0.6) is 0 Å². The number of carbonyl (C=O) groups is 3. The van der Waals surface area contributed by atoms with Gasteiger partial charge in [-0.05, 0) is 89.0 Å². The van der Waals surface area contributed by atoms with E-state index in [1.807, 2.05) is 29.7 Å². The molecule has 0 atom stereocenters. The number of amides is 2. The van der Waals surface area contributed by atoms with Crippen molar-refractivity contribution in [2.24, 2.45) is 16.7 Å². The summed E-state index contributed by atoms with van der Waals surface area (Å²) in [6, 6.07) is 4.03. The quantitative estimate of drug-likeness (QED) is 0.404. The Bertz CT molecular complexity index is 1400. The van der Waals surface area contributed by atoms with Crippen molar-refractivity contribution in [3.8, 4) is 0 Å². The molecule has 8 heteroatoms. The van der Waals surface area contributed by atoms with Crippen molar-refractivity contribution in [2.45, 2.75) is 124 Å². The lowest BCUT2D eigenvalue weighted by atomic mass is 9.71. The number of pyridine rings is 1. The highest BCUT2D eigenvalue weighted by molar-refractivity contribution is 5.96. The average Bonchev–Trinajstić information content (AvgIpc) is 3.35. The third-order valence-electron chi connectivity index (χ3n) is 10.7. The van der Waals surface area contributed by atoms with E-state index in [0.29, 0.717) is 68.0 Å². The van der Waals surface area contributed by atoms with Crippen molar-refractivity contribution in [3.05, 3.63) is 29.2 Å². The molecule has 2 aromatic heterocycles. The molecule has 3 heterocycles. The Balaban J connectivity index is 1.34. The number of rotatable bonds is 4. The molecule has 1 N–H and O–H groups in total. The van der Waals surface area contributed by atoms with Crippen LogP contribution in [0.2, 0.25) is 0 Å². The van der Waals surface area contributed by atoms with Crippen LogP contribution in [0.15, 0.2) is 16.5 Å². The molecular formula is C35H51N3O5. The van der Waals surface area contributed by atoms with Gasteiger partial charge in [0.05, 0.1) is 11.0 Å². The maximum absolute atomic E-state index is 14.0. The highest BCUT2D eigenvalue weighted by atomic mass is 16.4. The number of aromatic nitrogens is 1. The van der Waals surface area contributed by atoms with E-state index in [1.165, 1.54) is 12.8 Å². The predicted molar refractivity (Wildman–Crippen MR) is 167 cm³/mol. The molecule has 2 saturated carbocycles. The van der Waals surface area contributed by atoms with Gasteiger partial charge in [-0.25, -0.2) is 4.98 Å². The summed E-state index contributed by atoms with van der Waals surface area (Å²) in [5.41, 5.74) is 2.49. The molecule has 0 unspecified atom stereocenters. The first-order chi connectivity index (χ1) is 19.9. The van der Waals surface area contributed by atoms with Crippen LogP contribution in [0.3, 0.4) is 0 Å². The molecule has 0 radical (unpaired) electrons. The molecule has 3 fully saturated rings. The summed E-state index contributed by atoms with van der Waals surface area (Å²) in [7, 11) is 0. The predicted octanol–water partition coefficient (Wildman–Crippen LogP) is 7.15. The molecule has 236 valence electrons. The van der Waals surface area contributed by atoms with Gasteiger partial charge in [-0.3, -0.25) is 14.4 Å². The van der Waals surface area contributed by atoms with Crippen molar-refractivity contribution in [2.75, 3.05) is 19.6 Å². The normalized spacial score (nSPS) is 26.5. The van der Waals surface area contributed by atoms with Crippen molar-refractivity contribution >= 4 is 28.9 Å². The third kappa shape index (κ3) is 6.21. The SMILES string of the molecule is CC1(C)CCC(c2cc(C(C)(C)C)c3oc(C(=O)N4CCN(C(=O)[C@H]5CC[C@@](C)(C(=O)O)CC5)CC4(C)C)cc3n2)CC1. The van der Waals surface area contributed by atoms with Crippen molar-refractivity contribution in [3.63, 3.8) is 0 Å². The fourth-order valence-electron chi connectivity index (χ4n) is 7.44. The van der Waals surface area contributed by atoms with Crippen LogP contribution in [-0.4, -0.2) is 62.8 Å². The van der Waals surface area contributed by atoms with Gasteiger partial charge in [0.1, 0.15) is 5.52 Å². The number of piperazine rings is 1. The minimum Gasteiger partial charge on any atom is -0.481 e. The first-order valence-corrected chi connectivity index (χ1v) is 16.2. The maximum Gasteiger partial charge on any atom is 0.309 e. The Labute approximate surface area is 256 Å². The van der Waals surface area contributed by atoms with E-state index in [4.69, 9.17) is 9.40 Å². The first-order valence-electron chi connectivity index (χ1n) is 16.2. The van der Waals surface area contributed by atoms with Gasteiger partial charge in [-0.1, -0.05) is 34.6 Å². The summed E-state index contributed by atoms with van der Waals surface area (Å²) in [6.45, 7) is 18.3. The Morgan fingerprint density at radius 3 is 2.12 bits per heavy atom. The summed E-state index contributed by atoms with van der Waals surface area (Å²) in [6.07, 6.45) is 6.81. The number of hydrogen-bond acceptors (Lipinski definition) is 5.